The van der Waals surface area contributed by atoms with Gasteiger partial charge in [0.1, 0.15) is 0 Å². The largest absolute Gasteiger partial charge is 0.416 e. The Morgan fingerprint density at radius 3 is 2.85 bits per heavy atom. The normalized spacial score (nSPS) is 13.2. The third-order valence-corrected chi connectivity index (χ3v) is 2.43. The molecule has 0 spiro atoms. The van der Waals surface area contributed by atoms with Crippen molar-refractivity contribution in [2.45, 2.75) is 31.2 Å². The Bertz CT molecular complexity index is 251. The van der Waals surface area contributed by atoms with Crippen molar-refractivity contribution in [1.29, 1.82) is 0 Å². The Balaban J connectivity index is 2.31. The molecule has 1 rings (SSSR count). The summed E-state index contributed by atoms with van der Waals surface area (Å²) in [5.74, 6) is 0.623. The first kappa shape index (κ1) is 10.5. The van der Waals surface area contributed by atoms with Crippen LogP contribution in [0.5, 0.6) is 0 Å². The highest BCUT2D eigenvalue weighted by atomic mass is 32.2. The van der Waals surface area contributed by atoms with E-state index in [0.717, 1.165) is 13.1 Å². The van der Waals surface area contributed by atoms with Crippen LogP contribution in [0.4, 0.5) is 0 Å². The first-order valence-electron chi connectivity index (χ1n) is 4.40. The van der Waals surface area contributed by atoms with Gasteiger partial charge in [-0.2, -0.15) is 0 Å². The molecule has 1 heterocycles. The monoisotopic (exact) mass is 201 g/mol. The highest BCUT2D eigenvalue weighted by molar-refractivity contribution is 7.99. The molecule has 0 bridgehead atoms. The van der Waals surface area contributed by atoms with Gasteiger partial charge in [-0.25, -0.2) is 0 Å². The van der Waals surface area contributed by atoms with Gasteiger partial charge in [-0.3, -0.25) is 0 Å². The summed E-state index contributed by atoms with van der Waals surface area (Å²) in [4.78, 5) is 0. The lowest BCUT2D eigenvalue weighted by molar-refractivity contribution is 0.428. The molecule has 1 N–H and O–H groups in total. The van der Waals surface area contributed by atoms with Crippen molar-refractivity contribution in [2.24, 2.45) is 0 Å². The van der Waals surface area contributed by atoms with E-state index in [1.54, 1.807) is 18.7 Å². The van der Waals surface area contributed by atoms with Crippen LogP contribution < -0.4 is 5.32 Å². The van der Waals surface area contributed by atoms with Crippen molar-refractivity contribution in [2.75, 3.05) is 13.1 Å². The maximum Gasteiger partial charge on any atom is 0.276 e. The Morgan fingerprint density at radius 2 is 2.31 bits per heavy atom. The molecule has 0 amide bonds. The maximum atomic E-state index is 5.25. The molecule has 0 aliphatic carbocycles. The van der Waals surface area contributed by atoms with Crippen LogP contribution in [-0.2, 0) is 0 Å². The minimum atomic E-state index is 0.458. The van der Waals surface area contributed by atoms with Gasteiger partial charge in [-0.05, 0) is 6.54 Å². The predicted molar refractivity (Wildman–Crippen MR) is 52.9 cm³/mol. The van der Waals surface area contributed by atoms with Gasteiger partial charge < -0.3 is 9.73 Å². The second-order valence-corrected chi connectivity index (χ2v) is 4.21. The lowest BCUT2D eigenvalue weighted by Gasteiger charge is -2.07. The fraction of sp³-hybridized carbons (Fsp3) is 0.750. The van der Waals surface area contributed by atoms with Crippen LogP contribution in [0.2, 0.25) is 0 Å². The third kappa shape index (κ3) is 3.78. The fourth-order valence-corrected chi connectivity index (χ4v) is 1.69. The molecule has 74 valence electrons. The van der Waals surface area contributed by atoms with E-state index in [1.165, 1.54) is 0 Å². The Kier molecular flexibility index (Phi) is 4.24. The zero-order valence-corrected chi connectivity index (χ0v) is 9.02. The smallest absolute Gasteiger partial charge is 0.276 e. The average molecular weight is 201 g/mol. The van der Waals surface area contributed by atoms with Gasteiger partial charge in [-0.15, -0.1) is 10.2 Å². The van der Waals surface area contributed by atoms with E-state index in [0.29, 0.717) is 16.4 Å². The molecule has 1 unspecified atom stereocenters. The van der Waals surface area contributed by atoms with Crippen molar-refractivity contribution >= 4 is 11.8 Å². The van der Waals surface area contributed by atoms with Crippen LogP contribution >= 0.6 is 11.8 Å². The van der Waals surface area contributed by atoms with Gasteiger partial charge in [-0.1, -0.05) is 25.6 Å². The highest BCUT2D eigenvalue weighted by Gasteiger charge is 2.08. The van der Waals surface area contributed by atoms with Gasteiger partial charge in [0.15, 0.2) is 0 Å². The average Bonchev–Trinajstić information content (AvgIpc) is 2.48. The molecule has 0 radical (unpaired) electrons. The van der Waals surface area contributed by atoms with E-state index in [4.69, 9.17) is 4.42 Å². The van der Waals surface area contributed by atoms with E-state index in [9.17, 15) is 0 Å². The number of rotatable bonds is 5. The van der Waals surface area contributed by atoms with Crippen molar-refractivity contribution in [1.82, 2.24) is 15.5 Å². The number of aromatic nitrogens is 2. The minimum absolute atomic E-state index is 0.458. The first-order chi connectivity index (χ1) is 6.22. The van der Waals surface area contributed by atoms with Gasteiger partial charge >= 0.3 is 0 Å². The van der Waals surface area contributed by atoms with Gasteiger partial charge in [0.25, 0.3) is 5.22 Å². The third-order valence-electron chi connectivity index (χ3n) is 1.49. The number of aryl methyl sites for hydroxylation is 1. The quantitative estimate of drug-likeness (QED) is 0.731. The number of hydrogen-bond acceptors (Lipinski definition) is 5. The number of hydrogen-bond donors (Lipinski definition) is 1. The van der Waals surface area contributed by atoms with Gasteiger partial charge in [0.05, 0.1) is 0 Å². The molecule has 0 aliphatic heterocycles. The van der Waals surface area contributed by atoms with Crippen molar-refractivity contribution < 1.29 is 4.42 Å². The summed E-state index contributed by atoms with van der Waals surface area (Å²) in [5, 5.41) is 12.1. The maximum absolute atomic E-state index is 5.25. The van der Waals surface area contributed by atoms with Crippen molar-refractivity contribution in [3.8, 4) is 0 Å². The number of nitrogens with one attached hydrogen (secondary N) is 1. The SMILES string of the molecule is CCNCC(C)Sc1nnc(C)o1. The van der Waals surface area contributed by atoms with E-state index >= 15 is 0 Å². The van der Waals surface area contributed by atoms with Crippen LogP contribution in [-0.4, -0.2) is 28.5 Å². The molecule has 1 aromatic rings. The predicted octanol–water partition coefficient (Wildman–Crippen LogP) is 1.47. The molecule has 0 saturated heterocycles. The van der Waals surface area contributed by atoms with E-state index in [2.05, 4.69) is 29.4 Å². The standard InChI is InChI=1S/C8H15N3OS/c1-4-9-5-6(2)13-8-11-10-7(3)12-8/h6,9H,4-5H2,1-3H3. The summed E-state index contributed by atoms with van der Waals surface area (Å²) >= 11 is 1.60. The van der Waals surface area contributed by atoms with Crippen LogP contribution in [0.3, 0.4) is 0 Å². The molecule has 13 heavy (non-hydrogen) atoms. The van der Waals surface area contributed by atoms with Gasteiger partial charge in [0, 0.05) is 18.7 Å². The Labute approximate surface area is 82.5 Å². The lowest BCUT2D eigenvalue weighted by Crippen LogP contribution is -2.22. The minimum Gasteiger partial charge on any atom is -0.416 e. The van der Waals surface area contributed by atoms with Gasteiger partial charge in [0.2, 0.25) is 5.89 Å². The lowest BCUT2D eigenvalue weighted by atomic mass is 10.5. The van der Waals surface area contributed by atoms with E-state index in [1.807, 2.05) is 0 Å². The molecule has 0 saturated carbocycles. The summed E-state index contributed by atoms with van der Waals surface area (Å²) in [6, 6.07) is 0. The topological polar surface area (TPSA) is 51.0 Å². The molecule has 5 heteroatoms. The summed E-state index contributed by atoms with van der Waals surface area (Å²) in [6.07, 6.45) is 0. The van der Waals surface area contributed by atoms with Crippen molar-refractivity contribution in [3.05, 3.63) is 5.89 Å². The Morgan fingerprint density at radius 1 is 1.54 bits per heavy atom. The summed E-state index contributed by atoms with van der Waals surface area (Å²) in [7, 11) is 0. The Hall–Kier alpha value is -0.550. The molecule has 0 fully saturated rings. The molecule has 1 aromatic heterocycles. The summed E-state index contributed by atoms with van der Waals surface area (Å²) in [6.45, 7) is 7.98. The number of thioether (sulfide) groups is 1. The second-order valence-electron chi connectivity index (χ2n) is 2.82. The molecule has 0 aromatic carbocycles. The molecule has 1 atom stereocenters. The van der Waals surface area contributed by atoms with Crippen molar-refractivity contribution in [3.63, 3.8) is 0 Å². The van der Waals surface area contributed by atoms with E-state index < -0.39 is 0 Å². The zero-order chi connectivity index (χ0) is 9.68. The van der Waals surface area contributed by atoms with Crippen LogP contribution in [0, 0.1) is 6.92 Å². The first-order valence-corrected chi connectivity index (χ1v) is 5.27. The fourth-order valence-electron chi connectivity index (χ4n) is 0.887. The van der Waals surface area contributed by atoms with Crippen LogP contribution in [0.25, 0.3) is 0 Å². The second kappa shape index (κ2) is 5.24. The zero-order valence-electron chi connectivity index (χ0n) is 8.20. The van der Waals surface area contributed by atoms with Crippen LogP contribution in [0.1, 0.15) is 19.7 Å². The highest BCUT2D eigenvalue weighted by Crippen LogP contribution is 2.20. The molecular weight excluding hydrogens is 186 g/mol. The molecule has 4 nitrogen and oxygen atoms in total. The molecule has 0 aliphatic rings. The molecular formula is C8H15N3OS. The van der Waals surface area contributed by atoms with Crippen LogP contribution in [0.15, 0.2) is 9.64 Å². The van der Waals surface area contributed by atoms with E-state index in [-0.39, 0.29) is 0 Å². The summed E-state index contributed by atoms with van der Waals surface area (Å²) < 4.78 is 5.25. The number of nitrogens with zero attached hydrogens (tertiary/aromatic N) is 2. The summed E-state index contributed by atoms with van der Waals surface area (Å²) in [5.41, 5.74) is 0.